The summed E-state index contributed by atoms with van der Waals surface area (Å²) in [6.45, 7) is 7.93. The van der Waals surface area contributed by atoms with Crippen LogP contribution in [0, 0.1) is 5.41 Å². The molecule has 0 aliphatic carbocycles. The highest BCUT2D eigenvalue weighted by atomic mass is 35.5. The smallest absolute Gasteiger partial charge is 0.256 e. The Labute approximate surface area is 234 Å². The summed E-state index contributed by atoms with van der Waals surface area (Å²) in [6.07, 6.45) is 4.22. The minimum Gasteiger partial charge on any atom is -0.330 e. The molecule has 4 rings (SSSR count). The van der Waals surface area contributed by atoms with Crippen LogP contribution in [0.3, 0.4) is 0 Å². The van der Waals surface area contributed by atoms with Crippen LogP contribution in [0.4, 0.5) is 0 Å². The summed E-state index contributed by atoms with van der Waals surface area (Å²) in [7, 11) is 0. The summed E-state index contributed by atoms with van der Waals surface area (Å²) >= 11 is 12.3. The van der Waals surface area contributed by atoms with E-state index in [1.807, 2.05) is 53.6 Å². The fraction of sp³-hybridized carbons (Fsp3) is 0.300. The van der Waals surface area contributed by atoms with Gasteiger partial charge in [-0.3, -0.25) is 4.79 Å². The van der Waals surface area contributed by atoms with E-state index < -0.39 is 0 Å². The number of aromatic nitrogens is 3. The average Bonchev–Trinajstić information content (AvgIpc) is 3.29. The van der Waals surface area contributed by atoms with Gasteiger partial charge in [-0.05, 0) is 48.2 Å². The Morgan fingerprint density at radius 2 is 1.82 bits per heavy atom. The molecule has 0 bridgehead atoms. The van der Waals surface area contributed by atoms with Crippen LogP contribution in [0.1, 0.15) is 55.0 Å². The molecule has 0 aliphatic rings. The maximum Gasteiger partial charge on any atom is 0.256 e. The molecule has 1 atom stereocenters. The number of nitrogens with two attached hydrogens (primary N) is 1. The van der Waals surface area contributed by atoms with Crippen LogP contribution >= 0.6 is 23.2 Å². The number of hydrogen-bond acceptors (Lipinski definition) is 4. The summed E-state index contributed by atoms with van der Waals surface area (Å²) in [5.41, 5.74) is 8.88. The van der Waals surface area contributed by atoms with E-state index >= 15 is 0 Å². The predicted molar refractivity (Wildman–Crippen MR) is 154 cm³/mol. The highest BCUT2D eigenvalue weighted by Gasteiger charge is 2.38. The second-order valence-corrected chi connectivity index (χ2v) is 11.2. The van der Waals surface area contributed by atoms with Gasteiger partial charge in [-0.1, -0.05) is 86.4 Å². The SMILES string of the molecule is CC(C)(C)[C@H](c1nc(-c2cccc(Cl)c2)cn1Cc1ccccc1)N(CCCN)C(=O)c1ccc(Cl)nc1. The second kappa shape index (κ2) is 12.1. The Morgan fingerprint density at radius 1 is 1.05 bits per heavy atom. The number of carbonyl (C=O) groups excluding carboxylic acids is 1. The zero-order valence-corrected chi connectivity index (χ0v) is 23.5. The van der Waals surface area contributed by atoms with Crippen molar-refractivity contribution in [2.45, 2.75) is 39.8 Å². The quantitative estimate of drug-likeness (QED) is 0.231. The van der Waals surface area contributed by atoms with Crippen molar-refractivity contribution in [1.82, 2.24) is 19.4 Å². The van der Waals surface area contributed by atoms with Gasteiger partial charge >= 0.3 is 0 Å². The minimum absolute atomic E-state index is 0.138. The molecule has 0 unspecified atom stereocenters. The number of imidazole rings is 1. The van der Waals surface area contributed by atoms with Gasteiger partial charge in [0.1, 0.15) is 11.0 Å². The summed E-state index contributed by atoms with van der Waals surface area (Å²) in [6, 6.07) is 20.9. The second-order valence-electron chi connectivity index (χ2n) is 10.4. The number of halogens is 2. The van der Waals surface area contributed by atoms with Crippen LogP contribution in [0.5, 0.6) is 0 Å². The van der Waals surface area contributed by atoms with Gasteiger partial charge in [0.05, 0.1) is 17.3 Å². The number of nitrogens with zero attached hydrogens (tertiary/aromatic N) is 4. The van der Waals surface area contributed by atoms with E-state index in [9.17, 15) is 4.79 Å². The Morgan fingerprint density at radius 3 is 2.45 bits per heavy atom. The van der Waals surface area contributed by atoms with E-state index in [1.54, 1.807) is 12.1 Å². The molecule has 2 aromatic heterocycles. The van der Waals surface area contributed by atoms with Gasteiger partial charge in [0.25, 0.3) is 5.91 Å². The first kappa shape index (κ1) is 27.8. The molecule has 0 saturated heterocycles. The molecule has 2 heterocycles. The highest BCUT2D eigenvalue weighted by Crippen LogP contribution is 2.40. The van der Waals surface area contributed by atoms with Crippen LogP contribution < -0.4 is 5.73 Å². The first-order chi connectivity index (χ1) is 18.2. The lowest BCUT2D eigenvalue weighted by Crippen LogP contribution is -2.43. The van der Waals surface area contributed by atoms with E-state index in [2.05, 4.69) is 42.5 Å². The van der Waals surface area contributed by atoms with E-state index in [4.69, 9.17) is 33.9 Å². The minimum atomic E-state index is -0.353. The van der Waals surface area contributed by atoms with Gasteiger partial charge in [-0.25, -0.2) is 9.97 Å². The number of amides is 1. The molecule has 38 heavy (non-hydrogen) atoms. The number of benzene rings is 2. The third-order valence-corrected chi connectivity index (χ3v) is 6.80. The largest absolute Gasteiger partial charge is 0.330 e. The fourth-order valence-corrected chi connectivity index (χ4v) is 4.92. The fourth-order valence-electron chi connectivity index (χ4n) is 4.61. The summed E-state index contributed by atoms with van der Waals surface area (Å²) < 4.78 is 2.14. The maximum absolute atomic E-state index is 14.0. The number of carbonyl (C=O) groups is 1. The van der Waals surface area contributed by atoms with Crippen molar-refractivity contribution in [3.05, 3.63) is 106 Å². The van der Waals surface area contributed by atoms with Gasteiger partial charge < -0.3 is 15.2 Å². The van der Waals surface area contributed by atoms with E-state index in [-0.39, 0.29) is 17.4 Å². The van der Waals surface area contributed by atoms with Gasteiger partial charge in [-0.2, -0.15) is 0 Å². The molecule has 198 valence electrons. The molecule has 0 radical (unpaired) electrons. The summed E-state index contributed by atoms with van der Waals surface area (Å²) in [5.74, 6) is 0.657. The van der Waals surface area contributed by atoms with Crippen molar-refractivity contribution in [3.8, 4) is 11.3 Å². The molecule has 8 heteroatoms. The lowest BCUT2D eigenvalue weighted by atomic mass is 9.84. The average molecular weight is 551 g/mol. The highest BCUT2D eigenvalue weighted by molar-refractivity contribution is 6.30. The summed E-state index contributed by atoms with van der Waals surface area (Å²) in [5, 5.41) is 0.982. The molecular formula is C30H33Cl2N5O. The Bertz CT molecular complexity index is 1360. The zero-order chi connectivity index (χ0) is 27.3. The van der Waals surface area contributed by atoms with E-state index in [0.29, 0.717) is 41.8 Å². The van der Waals surface area contributed by atoms with Gasteiger partial charge in [-0.15, -0.1) is 0 Å². The van der Waals surface area contributed by atoms with E-state index in [1.165, 1.54) is 6.20 Å². The van der Waals surface area contributed by atoms with Crippen molar-refractivity contribution in [1.29, 1.82) is 0 Å². The molecule has 2 N–H and O–H groups in total. The van der Waals surface area contributed by atoms with Crippen LogP contribution in [0.2, 0.25) is 10.2 Å². The standard InChI is InChI=1S/C30H33Cl2N5O/c1-30(2,3)27(37(16-8-15-33)29(38)23-13-14-26(32)34-18-23)28-35-25(22-11-7-12-24(31)17-22)20-36(28)19-21-9-5-4-6-10-21/h4-7,9-14,17-18,20,27H,8,15-16,19,33H2,1-3H3/t27-/m0/s1. The third-order valence-electron chi connectivity index (χ3n) is 6.34. The third kappa shape index (κ3) is 6.62. The molecule has 0 saturated carbocycles. The van der Waals surface area contributed by atoms with Crippen LogP contribution in [-0.4, -0.2) is 38.4 Å². The van der Waals surface area contributed by atoms with Gasteiger partial charge in [0.15, 0.2) is 0 Å². The van der Waals surface area contributed by atoms with Crippen molar-refractivity contribution in [3.63, 3.8) is 0 Å². The lowest BCUT2D eigenvalue weighted by Gasteiger charge is -2.40. The van der Waals surface area contributed by atoms with Crippen molar-refractivity contribution in [2.75, 3.05) is 13.1 Å². The Kier molecular flexibility index (Phi) is 8.87. The Hall–Kier alpha value is -3.19. The van der Waals surface area contributed by atoms with Crippen LogP contribution in [0.15, 0.2) is 79.1 Å². The molecular weight excluding hydrogens is 517 g/mol. The van der Waals surface area contributed by atoms with Crippen molar-refractivity contribution >= 4 is 29.1 Å². The normalized spacial score (nSPS) is 12.4. The molecule has 0 aliphatic heterocycles. The van der Waals surface area contributed by atoms with Gasteiger partial charge in [0.2, 0.25) is 0 Å². The van der Waals surface area contributed by atoms with E-state index in [0.717, 1.165) is 22.6 Å². The van der Waals surface area contributed by atoms with Crippen LogP contribution in [-0.2, 0) is 6.54 Å². The molecule has 4 aromatic rings. The number of rotatable bonds is 9. The lowest BCUT2D eigenvalue weighted by molar-refractivity contribution is 0.0482. The molecule has 2 aromatic carbocycles. The van der Waals surface area contributed by atoms with Crippen LogP contribution in [0.25, 0.3) is 11.3 Å². The molecule has 0 fully saturated rings. The van der Waals surface area contributed by atoms with Crippen molar-refractivity contribution in [2.24, 2.45) is 11.1 Å². The monoisotopic (exact) mass is 549 g/mol. The first-order valence-electron chi connectivity index (χ1n) is 12.7. The Balaban J connectivity index is 1.87. The zero-order valence-electron chi connectivity index (χ0n) is 21.9. The maximum atomic E-state index is 14.0. The molecule has 6 nitrogen and oxygen atoms in total. The first-order valence-corrected chi connectivity index (χ1v) is 13.4. The molecule has 1 amide bonds. The summed E-state index contributed by atoms with van der Waals surface area (Å²) in [4.78, 5) is 25.1. The topological polar surface area (TPSA) is 77.0 Å². The van der Waals surface area contributed by atoms with Crippen molar-refractivity contribution < 1.29 is 4.79 Å². The number of hydrogen-bond donors (Lipinski definition) is 1. The number of pyridine rings is 1. The predicted octanol–water partition coefficient (Wildman–Crippen LogP) is 6.88. The molecule has 0 spiro atoms. The van der Waals surface area contributed by atoms with Gasteiger partial charge in [0, 0.05) is 36.1 Å².